The first-order chi connectivity index (χ1) is 21.1. The molecule has 1 aliphatic heterocycles. The monoisotopic (exact) mass is 559 g/mol. The van der Waals surface area contributed by atoms with Gasteiger partial charge in [-0.05, 0) is 125 Å². The number of allylic oxidation sites excluding steroid dienone is 4. The van der Waals surface area contributed by atoms with E-state index in [1.54, 1.807) is 5.56 Å². The number of hydrogen-bond acceptors (Lipinski definition) is 1. The Bertz CT molecular complexity index is 1870. The van der Waals surface area contributed by atoms with Crippen LogP contribution in [-0.4, -0.2) is 0 Å². The van der Waals surface area contributed by atoms with Gasteiger partial charge in [0.05, 0.1) is 5.69 Å². The van der Waals surface area contributed by atoms with Crippen LogP contribution >= 0.6 is 0 Å². The maximum Gasteiger partial charge on any atom is 0.0534 e. The zero-order valence-corrected chi connectivity index (χ0v) is 26.0. The van der Waals surface area contributed by atoms with Crippen molar-refractivity contribution in [1.82, 2.24) is 0 Å². The number of hydrogen-bond donors (Lipinski definition) is 0. The quantitative estimate of drug-likeness (QED) is 0.235. The molecule has 1 nitrogen and oxygen atoms in total. The van der Waals surface area contributed by atoms with Crippen LogP contribution in [0.4, 0.5) is 11.4 Å². The van der Waals surface area contributed by atoms with Crippen molar-refractivity contribution in [1.29, 1.82) is 0 Å². The molecule has 4 aromatic carbocycles. The van der Waals surface area contributed by atoms with E-state index in [1.165, 1.54) is 67.2 Å². The van der Waals surface area contributed by atoms with Gasteiger partial charge in [-0.1, -0.05) is 101 Å². The van der Waals surface area contributed by atoms with Crippen LogP contribution in [-0.2, 0) is 10.8 Å². The summed E-state index contributed by atoms with van der Waals surface area (Å²) in [6.07, 6.45) is 16.0. The van der Waals surface area contributed by atoms with E-state index in [2.05, 4.69) is 136 Å². The molecule has 0 unspecified atom stereocenters. The van der Waals surface area contributed by atoms with E-state index in [4.69, 9.17) is 0 Å². The van der Waals surface area contributed by atoms with Crippen molar-refractivity contribution in [2.24, 2.45) is 0 Å². The van der Waals surface area contributed by atoms with E-state index in [0.717, 1.165) is 38.5 Å². The molecule has 4 aliphatic rings. The van der Waals surface area contributed by atoms with Crippen LogP contribution in [0.2, 0.25) is 0 Å². The van der Waals surface area contributed by atoms with Crippen molar-refractivity contribution in [2.45, 2.75) is 77.0 Å². The van der Waals surface area contributed by atoms with Gasteiger partial charge in [-0.2, -0.15) is 0 Å². The molecular formula is C42H41N. The van der Waals surface area contributed by atoms with Crippen LogP contribution in [0, 0.1) is 0 Å². The molecule has 1 heteroatoms. The second-order valence-corrected chi connectivity index (χ2v) is 12.9. The molecular weight excluding hydrogens is 518 g/mol. The lowest BCUT2D eigenvalue weighted by atomic mass is 9.70. The molecule has 3 aliphatic carbocycles. The smallest absolute Gasteiger partial charge is 0.0534 e. The maximum atomic E-state index is 2.65. The summed E-state index contributed by atoms with van der Waals surface area (Å²) in [5, 5.41) is 0. The largest absolute Gasteiger partial charge is 0.310 e. The standard InChI is InChI=1S/C42H41N/c1-5-41(6-2)35-18-12-11-17-31(35)33-26-34-32-24-23-30(25-36(32)42(7-3,8-4)38(34)27-37(33)41)43-39-19-13-9-15-28(39)21-22-29-16-10-14-20-40(29)43/h9,11-15,17-27H,5-8,10,16H2,1-4H3. The van der Waals surface area contributed by atoms with Crippen molar-refractivity contribution >= 4 is 17.5 Å². The zero-order chi connectivity index (χ0) is 29.3. The van der Waals surface area contributed by atoms with E-state index >= 15 is 0 Å². The number of anilines is 2. The van der Waals surface area contributed by atoms with Gasteiger partial charge in [0.15, 0.2) is 0 Å². The average molecular weight is 560 g/mol. The number of nitrogens with zero attached hydrogens (tertiary/aromatic N) is 1. The minimum Gasteiger partial charge on any atom is -0.310 e. The number of fused-ring (bicyclic) bond motifs is 7. The van der Waals surface area contributed by atoms with Gasteiger partial charge in [0.25, 0.3) is 0 Å². The molecule has 8 rings (SSSR count). The summed E-state index contributed by atoms with van der Waals surface area (Å²) in [5.41, 5.74) is 18.5. The fraction of sp³-hybridized carbons (Fsp3) is 0.286. The fourth-order valence-electron chi connectivity index (χ4n) is 9.07. The predicted molar refractivity (Wildman–Crippen MR) is 183 cm³/mol. The van der Waals surface area contributed by atoms with Gasteiger partial charge in [-0.25, -0.2) is 0 Å². The topological polar surface area (TPSA) is 3.24 Å². The molecule has 0 atom stereocenters. The average Bonchev–Trinajstić information content (AvgIpc) is 3.42. The number of para-hydroxylation sites is 1. The normalized spacial score (nSPS) is 18.0. The SMILES string of the molecule is CCC1(CC)c2ccccc2-c2cc3c(cc21)C(CC)(CC)c1cc(N2C4=C(C=Cc5ccccc52)CCC=C4)ccc1-3. The highest BCUT2D eigenvalue weighted by atomic mass is 15.2. The Kier molecular flexibility index (Phi) is 5.99. The zero-order valence-electron chi connectivity index (χ0n) is 26.0. The Hall–Kier alpha value is -4.10. The summed E-state index contributed by atoms with van der Waals surface area (Å²) in [6.45, 7) is 9.57. The van der Waals surface area contributed by atoms with Crippen LogP contribution in [0.3, 0.4) is 0 Å². The molecule has 0 radical (unpaired) electrons. The number of benzene rings is 4. The molecule has 0 fully saturated rings. The third-order valence-electron chi connectivity index (χ3n) is 11.5. The third kappa shape index (κ3) is 3.46. The number of rotatable bonds is 5. The lowest BCUT2D eigenvalue weighted by Gasteiger charge is -2.34. The van der Waals surface area contributed by atoms with E-state index in [-0.39, 0.29) is 10.8 Å². The minimum absolute atomic E-state index is 0.000929. The fourth-order valence-corrected chi connectivity index (χ4v) is 9.07. The van der Waals surface area contributed by atoms with Crippen molar-refractivity contribution < 1.29 is 0 Å². The van der Waals surface area contributed by atoms with Crippen LogP contribution in [0.15, 0.2) is 108 Å². The Morgan fingerprint density at radius 2 is 1.23 bits per heavy atom. The molecule has 0 bridgehead atoms. The lowest BCUT2D eigenvalue weighted by Crippen LogP contribution is -2.26. The van der Waals surface area contributed by atoms with Crippen molar-refractivity contribution in [3.63, 3.8) is 0 Å². The van der Waals surface area contributed by atoms with E-state index in [9.17, 15) is 0 Å². The highest BCUT2D eigenvalue weighted by Crippen LogP contribution is 2.60. The summed E-state index contributed by atoms with van der Waals surface area (Å²) in [5.74, 6) is 0. The Morgan fingerprint density at radius 1 is 0.581 bits per heavy atom. The van der Waals surface area contributed by atoms with Crippen molar-refractivity contribution in [3.05, 3.63) is 136 Å². The third-order valence-corrected chi connectivity index (χ3v) is 11.5. The molecule has 1 heterocycles. The molecule has 0 saturated carbocycles. The van der Waals surface area contributed by atoms with Gasteiger partial charge in [0.2, 0.25) is 0 Å². The predicted octanol–water partition coefficient (Wildman–Crippen LogP) is 11.6. The van der Waals surface area contributed by atoms with Gasteiger partial charge >= 0.3 is 0 Å². The molecule has 0 spiro atoms. The summed E-state index contributed by atoms with van der Waals surface area (Å²) < 4.78 is 0. The van der Waals surface area contributed by atoms with Crippen LogP contribution < -0.4 is 4.90 Å². The molecule has 43 heavy (non-hydrogen) atoms. The Balaban J connectivity index is 1.36. The minimum atomic E-state index is 0.000929. The van der Waals surface area contributed by atoms with E-state index in [0.29, 0.717) is 0 Å². The van der Waals surface area contributed by atoms with Crippen LogP contribution in [0.25, 0.3) is 28.3 Å². The molecule has 0 saturated heterocycles. The molecule has 214 valence electrons. The van der Waals surface area contributed by atoms with E-state index in [1.807, 2.05) is 0 Å². The summed E-state index contributed by atoms with van der Waals surface area (Å²) >= 11 is 0. The summed E-state index contributed by atoms with van der Waals surface area (Å²) in [6, 6.07) is 30.6. The lowest BCUT2D eigenvalue weighted by molar-refractivity contribution is 0.476. The van der Waals surface area contributed by atoms with Crippen molar-refractivity contribution in [2.75, 3.05) is 4.90 Å². The first kappa shape index (κ1) is 26.5. The summed E-state index contributed by atoms with van der Waals surface area (Å²) in [7, 11) is 0. The second kappa shape index (κ2) is 9.71. The van der Waals surface area contributed by atoms with Crippen LogP contribution in [0.5, 0.6) is 0 Å². The second-order valence-electron chi connectivity index (χ2n) is 12.9. The van der Waals surface area contributed by atoms with Gasteiger partial charge in [0, 0.05) is 22.2 Å². The first-order valence-corrected chi connectivity index (χ1v) is 16.5. The molecule has 0 N–H and O–H groups in total. The Morgan fingerprint density at radius 3 is 2.00 bits per heavy atom. The van der Waals surface area contributed by atoms with Crippen molar-refractivity contribution in [3.8, 4) is 22.3 Å². The molecule has 0 amide bonds. The highest BCUT2D eigenvalue weighted by Gasteiger charge is 2.46. The van der Waals surface area contributed by atoms with Gasteiger partial charge in [-0.15, -0.1) is 0 Å². The van der Waals surface area contributed by atoms with Gasteiger partial charge in [-0.3, -0.25) is 0 Å². The summed E-state index contributed by atoms with van der Waals surface area (Å²) in [4.78, 5) is 2.52. The van der Waals surface area contributed by atoms with Crippen LogP contribution in [0.1, 0.15) is 94.0 Å². The molecule has 0 aromatic heterocycles. The van der Waals surface area contributed by atoms with Gasteiger partial charge < -0.3 is 4.90 Å². The maximum absolute atomic E-state index is 2.65. The van der Waals surface area contributed by atoms with E-state index < -0.39 is 0 Å². The molecule has 4 aromatic rings. The highest BCUT2D eigenvalue weighted by molar-refractivity contribution is 5.92. The first-order valence-electron chi connectivity index (χ1n) is 16.5. The van der Waals surface area contributed by atoms with Gasteiger partial charge in [0.1, 0.15) is 0 Å². The Labute approximate surface area is 257 Å².